The fourth-order valence-corrected chi connectivity index (χ4v) is 2.75. The number of aromatic amines is 1. The van der Waals surface area contributed by atoms with E-state index in [1.54, 1.807) is 6.21 Å². The van der Waals surface area contributed by atoms with Crippen LogP contribution in [0, 0.1) is 0 Å². The molecule has 8 heteroatoms. The summed E-state index contributed by atoms with van der Waals surface area (Å²) in [5.74, 6) is 1.63. The smallest absolute Gasteiger partial charge is 0.252 e. The van der Waals surface area contributed by atoms with Crippen molar-refractivity contribution >= 4 is 28.1 Å². The van der Waals surface area contributed by atoms with Gasteiger partial charge in [0.2, 0.25) is 5.95 Å². The third kappa shape index (κ3) is 5.59. The summed E-state index contributed by atoms with van der Waals surface area (Å²) < 4.78 is 12.2. The quantitative estimate of drug-likeness (QED) is 0.474. The number of hydrazone groups is 1. The molecule has 2 N–H and O–H groups in total. The van der Waals surface area contributed by atoms with Crippen LogP contribution in [0.15, 0.2) is 32.6 Å². The zero-order valence-electron chi connectivity index (χ0n) is 15.1. The minimum Gasteiger partial charge on any atom is -0.490 e. The highest BCUT2D eigenvalue weighted by Crippen LogP contribution is 2.36. The number of anilines is 1. The SMILES string of the molecule is CCCOc1c(Br)cc(/C=N\Nc2nc(CC)cc(=O)[nH]2)cc1OCC. The predicted octanol–water partition coefficient (Wildman–Crippen LogP) is 3.73. The van der Waals surface area contributed by atoms with Gasteiger partial charge in [0, 0.05) is 11.8 Å². The second-order valence-corrected chi connectivity index (χ2v) is 6.27. The summed E-state index contributed by atoms with van der Waals surface area (Å²) >= 11 is 3.52. The van der Waals surface area contributed by atoms with Gasteiger partial charge in [0.15, 0.2) is 11.5 Å². The number of rotatable bonds is 9. The maximum atomic E-state index is 11.6. The van der Waals surface area contributed by atoms with Crippen LogP contribution in [0.4, 0.5) is 5.95 Å². The molecule has 1 aromatic heterocycles. The van der Waals surface area contributed by atoms with Gasteiger partial charge in [0.25, 0.3) is 5.56 Å². The first-order valence-corrected chi connectivity index (χ1v) is 9.35. The first-order valence-electron chi connectivity index (χ1n) is 8.55. The molecule has 1 aromatic carbocycles. The molecule has 0 saturated heterocycles. The number of benzene rings is 1. The molecule has 0 unspecified atom stereocenters. The predicted molar refractivity (Wildman–Crippen MR) is 107 cm³/mol. The molecule has 0 bridgehead atoms. The second-order valence-electron chi connectivity index (χ2n) is 5.42. The van der Waals surface area contributed by atoms with Crippen molar-refractivity contribution in [2.75, 3.05) is 18.6 Å². The van der Waals surface area contributed by atoms with Crippen LogP contribution in [0.1, 0.15) is 38.4 Å². The van der Waals surface area contributed by atoms with Gasteiger partial charge in [-0.05, 0) is 53.4 Å². The molecule has 0 aliphatic carbocycles. The standard InChI is InChI=1S/C18H23BrN4O3/c1-4-7-26-17-14(19)8-12(9-15(17)25-6-3)11-20-23-18-21-13(5-2)10-16(24)22-18/h8-11H,4-7H2,1-3H3,(H2,21,22,23,24)/b20-11-. The number of nitrogens with one attached hydrogen (secondary N) is 2. The Kier molecular flexibility index (Phi) is 7.65. The largest absolute Gasteiger partial charge is 0.490 e. The van der Waals surface area contributed by atoms with E-state index < -0.39 is 0 Å². The van der Waals surface area contributed by atoms with E-state index in [0.717, 1.165) is 16.5 Å². The van der Waals surface area contributed by atoms with E-state index >= 15 is 0 Å². The van der Waals surface area contributed by atoms with E-state index in [0.29, 0.717) is 42.8 Å². The van der Waals surface area contributed by atoms with Gasteiger partial charge < -0.3 is 9.47 Å². The Morgan fingerprint density at radius 3 is 2.77 bits per heavy atom. The Hall–Kier alpha value is -2.35. The Balaban J connectivity index is 2.19. The number of hydrogen-bond acceptors (Lipinski definition) is 6. The summed E-state index contributed by atoms with van der Waals surface area (Å²) in [4.78, 5) is 18.4. The van der Waals surface area contributed by atoms with Crippen LogP contribution < -0.4 is 20.5 Å². The number of aromatic nitrogens is 2. The van der Waals surface area contributed by atoms with Gasteiger partial charge in [0.1, 0.15) is 0 Å². The maximum absolute atomic E-state index is 11.6. The molecule has 7 nitrogen and oxygen atoms in total. The number of halogens is 1. The lowest BCUT2D eigenvalue weighted by Gasteiger charge is -2.14. The van der Waals surface area contributed by atoms with Gasteiger partial charge in [-0.15, -0.1) is 0 Å². The molecule has 0 atom stereocenters. The second kappa shape index (κ2) is 9.96. The monoisotopic (exact) mass is 422 g/mol. The van der Waals surface area contributed by atoms with E-state index in [1.165, 1.54) is 6.07 Å². The molecule has 0 spiro atoms. The van der Waals surface area contributed by atoms with Crippen molar-refractivity contribution in [2.24, 2.45) is 5.10 Å². The van der Waals surface area contributed by atoms with Gasteiger partial charge >= 0.3 is 0 Å². The molecule has 2 aromatic rings. The van der Waals surface area contributed by atoms with E-state index in [-0.39, 0.29) is 5.56 Å². The highest BCUT2D eigenvalue weighted by Gasteiger charge is 2.11. The lowest BCUT2D eigenvalue weighted by molar-refractivity contribution is 0.275. The highest BCUT2D eigenvalue weighted by molar-refractivity contribution is 9.10. The Bertz CT molecular complexity index is 821. The molecule has 0 amide bonds. The Morgan fingerprint density at radius 2 is 2.08 bits per heavy atom. The van der Waals surface area contributed by atoms with Gasteiger partial charge in [-0.2, -0.15) is 5.10 Å². The van der Waals surface area contributed by atoms with Crippen LogP contribution in [0.3, 0.4) is 0 Å². The third-order valence-electron chi connectivity index (χ3n) is 3.32. The number of H-pyrrole nitrogens is 1. The van der Waals surface area contributed by atoms with Crippen LogP contribution in [-0.4, -0.2) is 29.4 Å². The third-order valence-corrected chi connectivity index (χ3v) is 3.91. The summed E-state index contributed by atoms with van der Waals surface area (Å²) in [5, 5.41) is 4.14. The average molecular weight is 423 g/mol. The molecular weight excluding hydrogens is 400 g/mol. The van der Waals surface area contributed by atoms with Crippen molar-refractivity contribution in [1.82, 2.24) is 9.97 Å². The molecule has 1 heterocycles. The van der Waals surface area contributed by atoms with Crippen molar-refractivity contribution in [2.45, 2.75) is 33.6 Å². The van der Waals surface area contributed by atoms with Crippen LogP contribution >= 0.6 is 15.9 Å². The van der Waals surface area contributed by atoms with Crippen molar-refractivity contribution in [1.29, 1.82) is 0 Å². The lowest BCUT2D eigenvalue weighted by Crippen LogP contribution is -2.11. The topological polar surface area (TPSA) is 88.6 Å². The molecule has 0 fully saturated rings. The molecular formula is C18H23BrN4O3. The Labute approximate surface area is 161 Å². The lowest BCUT2D eigenvalue weighted by atomic mass is 10.2. The van der Waals surface area contributed by atoms with Gasteiger partial charge in [0.05, 0.1) is 23.9 Å². The van der Waals surface area contributed by atoms with Crippen molar-refractivity contribution in [3.63, 3.8) is 0 Å². The molecule has 0 saturated carbocycles. The van der Waals surface area contributed by atoms with Crippen molar-refractivity contribution < 1.29 is 9.47 Å². The first-order chi connectivity index (χ1) is 12.6. The maximum Gasteiger partial charge on any atom is 0.252 e. The van der Waals surface area contributed by atoms with E-state index in [2.05, 4.69) is 36.4 Å². The number of ether oxygens (including phenoxy) is 2. The molecule has 0 aliphatic rings. The summed E-state index contributed by atoms with van der Waals surface area (Å²) in [6.45, 7) is 7.04. The number of aryl methyl sites for hydroxylation is 1. The van der Waals surface area contributed by atoms with Crippen LogP contribution in [0.25, 0.3) is 0 Å². The number of hydrogen-bond donors (Lipinski definition) is 2. The minimum atomic E-state index is -0.214. The van der Waals surface area contributed by atoms with Gasteiger partial charge in [-0.1, -0.05) is 13.8 Å². The fourth-order valence-electron chi connectivity index (χ4n) is 2.18. The van der Waals surface area contributed by atoms with Gasteiger partial charge in [-0.3, -0.25) is 9.78 Å². The average Bonchev–Trinajstić information content (AvgIpc) is 2.61. The van der Waals surface area contributed by atoms with Crippen LogP contribution in [0.5, 0.6) is 11.5 Å². The molecule has 26 heavy (non-hydrogen) atoms. The molecule has 0 radical (unpaired) electrons. The molecule has 0 aliphatic heterocycles. The fraction of sp³-hybridized carbons (Fsp3) is 0.389. The highest BCUT2D eigenvalue weighted by atomic mass is 79.9. The zero-order valence-corrected chi connectivity index (χ0v) is 16.7. The number of nitrogens with zero attached hydrogens (tertiary/aromatic N) is 2. The zero-order chi connectivity index (χ0) is 18.9. The summed E-state index contributed by atoms with van der Waals surface area (Å²) in [5.41, 5.74) is 4.04. The normalized spacial score (nSPS) is 10.9. The van der Waals surface area contributed by atoms with Crippen LogP contribution in [-0.2, 0) is 6.42 Å². The Morgan fingerprint density at radius 1 is 1.27 bits per heavy atom. The molecule has 140 valence electrons. The van der Waals surface area contributed by atoms with Crippen LogP contribution in [0.2, 0.25) is 0 Å². The van der Waals surface area contributed by atoms with Crippen molar-refractivity contribution in [3.05, 3.63) is 44.3 Å². The molecule has 2 rings (SSSR count). The van der Waals surface area contributed by atoms with E-state index in [4.69, 9.17) is 9.47 Å². The van der Waals surface area contributed by atoms with Gasteiger partial charge in [-0.25, -0.2) is 10.4 Å². The van der Waals surface area contributed by atoms with E-state index in [1.807, 2.05) is 32.9 Å². The summed E-state index contributed by atoms with van der Waals surface area (Å²) in [6.07, 6.45) is 3.20. The van der Waals surface area contributed by atoms with E-state index in [9.17, 15) is 4.79 Å². The minimum absolute atomic E-state index is 0.214. The summed E-state index contributed by atoms with van der Waals surface area (Å²) in [7, 11) is 0. The first kappa shape index (κ1) is 20.0. The summed E-state index contributed by atoms with van der Waals surface area (Å²) in [6, 6.07) is 5.20. The van der Waals surface area contributed by atoms with Crippen molar-refractivity contribution in [3.8, 4) is 11.5 Å².